The maximum Gasteiger partial charge on any atom is 0.248 e. The van der Waals surface area contributed by atoms with E-state index >= 15 is 0 Å². The van der Waals surface area contributed by atoms with Crippen LogP contribution in [0.15, 0.2) is 24.3 Å². The molecule has 2 N–H and O–H groups in total. The highest BCUT2D eigenvalue weighted by molar-refractivity contribution is 5.92. The van der Waals surface area contributed by atoms with Gasteiger partial charge < -0.3 is 5.73 Å². The highest BCUT2D eigenvalue weighted by atomic mass is 16.1. The lowest BCUT2D eigenvalue weighted by molar-refractivity contribution is 0.1000. The highest BCUT2D eigenvalue weighted by Crippen LogP contribution is 2.14. The molecule has 0 spiro atoms. The Morgan fingerprint density at radius 3 is 2.58 bits per heavy atom. The summed E-state index contributed by atoms with van der Waals surface area (Å²) in [5.41, 5.74) is 7.47. The molecular formula is C13H14N4O2. The van der Waals surface area contributed by atoms with E-state index in [1.54, 1.807) is 28.9 Å². The molecule has 2 aromatic rings. The van der Waals surface area contributed by atoms with E-state index in [0.29, 0.717) is 24.0 Å². The fourth-order valence-corrected chi connectivity index (χ4v) is 1.85. The van der Waals surface area contributed by atoms with Crippen molar-refractivity contribution in [1.29, 1.82) is 0 Å². The average Bonchev–Trinajstić information content (AvgIpc) is 2.82. The zero-order chi connectivity index (χ0) is 13.8. The third-order valence-corrected chi connectivity index (χ3v) is 2.79. The van der Waals surface area contributed by atoms with Crippen LogP contribution < -0.4 is 5.73 Å². The van der Waals surface area contributed by atoms with Gasteiger partial charge in [0, 0.05) is 5.56 Å². The van der Waals surface area contributed by atoms with Gasteiger partial charge in [0.05, 0.1) is 11.4 Å². The SMILES string of the molecule is CCCc1c(C=O)nnn1-c1ccc(C(N)=O)cc1. The van der Waals surface area contributed by atoms with Gasteiger partial charge in [-0.25, -0.2) is 4.68 Å². The summed E-state index contributed by atoms with van der Waals surface area (Å²) in [7, 11) is 0. The van der Waals surface area contributed by atoms with Crippen molar-refractivity contribution in [2.24, 2.45) is 5.73 Å². The lowest BCUT2D eigenvalue weighted by Gasteiger charge is -2.06. The molecule has 0 aliphatic rings. The normalized spacial score (nSPS) is 10.4. The number of amides is 1. The van der Waals surface area contributed by atoms with Crippen LogP contribution >= 0.6 is 0 Å². The van der Waals surface area contributed by atoms with E-state index in [-0.39, 0.29) is 0 Å². The summed E-state index contributed by atoms with van der Waals surface area (Å²) in [4.78, 5) is 21.9. The van der Waals surface area contributed by atoms with Gasteiger partial charge in [0.15, 0.2) is 6.29 Å². The van der Waals surface area contributed by atoms with Crippen molar-refractivity contribution in [3.8, 4) is 5.69 Å². The van der Waals surface area contributed by atoms with E-state index in [9.17, 15) is 9.59 Å². The summed E-state index contributed by atoms with van der Waals surface area (Å²) in [6, 6.07) is 6.69. The highest BCUT2D eigenvalue weighted by Gasteiger charge is 2.13. The monoisotopic (exact) mass is 258 g/mol. The number of nitrogens with two attached hydrogens (primary N) is 1. The minimum atomic E-state index is -0.479. The van der Waals surface area contributed by atoms with Crippen LogP contribution in [0.1, 0.15) is 39.9 Å². The van der Waals surface area contributed by atoms with E-state index < -0.39 is 5.91 Å². The van der Waals surface area contributed by atoms with Crippen LogP contribution in [0.3, 0.4) is 0 Å². The summed E-state index contributed by atoms with van der Waals surface area (Å²) in [6.07, 6.45) is 2.29. The molecule has 0 fully saturated rings. The number of aldehydes is 1. The van der Waals surface area contributed by atoms with E-state index in [1.165, 1.54) is 0 Å². The van der Waals surface area contributed by atoms with Gasteiger partial charge in [-0.1, -0.05) is 18.6 Å². The van der Waals surface area contributed by atoms with Crippen LogP contribution in [0.2, 0.25) is 0 Å². The van der Waals surface area contributed by atoms with Crippen LogP contribution in [-0.4, -0.2) is 27.2 Å². The number of rotatable bonds is 5. The van der Waals surface area contributed by atoms with Crippen molar-refractivity contribution in [1.82, 2.24) is 15.0 Å². The smallest absolute Gasteiger partial charge is 0.248 e. The molecule has 1 aromatic carbocycles. The van der Waals surface area contributed by atoms with Crippen LogP contribution in [0.4, 0.5) is 0 Å². The third kappa shape index (κ3) is 2.52. The van der Waals surface area contributed by atoms with Crippen LogP contribution in [0.5, 0.6) is 0 Å². The van der Waals surface area contributed by atoms with Gasteiger partial charge in [-0.2, -0.15) is 0 Å². The Balaban J connectivity index is 2.43. The first kappa shape index (κ1) is 12.9. The Kier molecular flexibility index (Phi) is 3.70. The first-order valence-corrected chi connectivity index (χ1v) is 5.97. The first-order valence-electron chi connectivity index (χ1n) is 5.97. The number of benzene rings is 1. The molecule has 0 atom stereocenters. The average molecular weight is 258 g/mol. The summed E-state index contributed by atoms with van der Waals surface area (Å²) >= 11 is 0. The molecule has 0 aliphatic heterocycles. The van der Waals surface area contributed by atoms with Gasteiger partial charge in [0.2, 0.25) is 5.91 Å². The number of primary amides is 1. The standard InChI is InChI=1S/C13H14N4O2/c1-2-3-12-11(8-18)15-16-17(12)10-6-4-9(5-7-10)13(14)19/h4-8H,2-3H2,1H3,(H2,14,19). The maximum absolute atomic E-state index is 11.0. The molecule has 0 unspecified atom stereocenters. The Morgan fingerprint density at radius 2 is 2.05 bits per heavy atom. The lowest BCUT2D eigenvalue weighted by atomic mass is 10.1. The molecule has 0 aliphatic carbocycles. The predicted octanol–water partition coefficient (Wildman–Crippen LogP) is 1.13. The van der Waals surface area contributed by atoms with Crippen molar-refractivity contribution < 1.29 is 9.59 Å². The number of carbonyl (C=O) groups excluding carboxylic acids is 2. The molecule has 1 aromatic heterocycles. The van der Waals surface area contributed by atoms with E-state index in [0.717, 1.165) is 17.8 Å². The van der Waals surface area contributed by atoms with E-state index in [1.807, 2.05) is 6.92 Å². The zero-order valence-electron chi connectivity index (χ0n) is 10.5. The Morgan fingerprint density at radius 1 is 1.37 bits per heavy atom. The van der Waals surface area contributed by atoms with Gasteiger partial charge in [0.1, 0.15) is 5.69 Å². The summed E-state index contributed by atoms with van der Waals surface area (Å²) in [5, 5.41) is 7.81. The zero-order valence-corrected chi connectivity index (χ0v) is 10.5. The number of aromatic nitrogens is 3. The molecule has 2 rings (SSSR count). The topological polar surface area (TPSA) is 90.9 Å². The van der Waals surface area contributed by atoms with Crippen molar-refractivity contribution >= 4 is 12.2 Å². The van der Waals surface area contributed by atoms with Gasteiger partial charge in [-0.05, 0) is 30.7 Å². The van der Waals surface area contributed by atoms with Crippen molar-refractivity contribution in [3.05, 3.63) is 41.2 Å². The second-order valence-corrected chi connectivity index (χ2v) is 4.11. The first-order chi connectivity index (χ1) is 9.17. The molecule has 6 nitrogen and oxygen atoms in total. The second kappa shape index (κ2) is 5.43. The fourth-order valence-electron chi connectivity index (χ4n) is 1.85. The molecule has 0 saturated carbocycles. The molecule has 1 heterocycles. The van der Waals surface area contributed by atoms with E-state index in [2.05, 4.69) is 10.3 Å². The van der Waals surface area contributed by atoms with Crippen LogP contribution in [0, 0.1) is 0 Å². The van der Waals surface area contributed by atoms with Gasteiger partial charge in [0.25, 0.3) is 0 Å². The Hall–Kier alpha value is -2.50. The minimum absolute atomic E-state index is 0.348. The van der Waals surface area contributed by atoms with Crippen LogP contribution in [-0.2, 0) is 6.42 Å². The molecule has 98 valence electrons. The molecule has 1 amide bonds. The number of nitrogens with zero attached hydrogens (tertiary/aromatic N) is 3. The van der Waals surface area contributed by atoms with Crippen molar-refractivity contribution in [3.63, 3.8) is 0 Å². The largest absolute Gasteiger partial charge is 0.366 e. The molecule has 0 saturated heterocycles. The van der Waals surface area contributed by atoms with Crippen molar-refractivity contribution in [2.75, 3.05) is 0 Å². The van der Waals surface area contributed by atoms with Gasteiger partial charge >= 0.3 is 0 Å². The quantitative estimate of drug-likeness (QED) is 0.814. The van der Waals surface area contributed by atoms with Crippen LogP contribution in [0.25, 0.3) is 5.69 Å². The number of carbonyl (C=O) groups is 2. The second-order valence-electron chi connectivity index (χ2n) is 4.11. The summed E-state index contributed by atoms with van der Waals surface area (Å²) in [5.74, 6) is -0.479. The minimum Gasteiger partial charge on any atom is -0.366 e. The number of hydrogen-bond acceptors (Lipinski definition) is 4. The molecular weight excluding hydrogens is 244 g/mol. The summed E-state index contributed by atoms with van der Waals surface area (Å²) in [6.45, 7) is 2.02. The lowest BCUT2D eigenvalue weighted by Crippen LogP contribution is -2.11. The molecule has 0 radical (unpaired) electrons. The maximum atomic E-state index is 11.0. The van der Waals surface area contributed by atoms with Gasteiger partial charge in [-0.15, -0.1) is 5.10 Å². The Bertz CT molecular complexity index is 602. The van der Waals surface area contributed by atoms with Gasteiger partial charge in [-0.3, -0.25) is 9.59 Å². The Labute approximate surface area is 110 Å². The van der Waals surface area contributed by atoms with E-state index in [4.69, 9.17) is 5.73 Å². The molecule has 0 bridgehead atoms. The number of hydrogen-bond donors (Lipinski definition) is 1. The molecule has 19 heavy (non-hydrogen) atoms. The third-order valence-electron chi connectivity index (χ3n) is 2.79. The fraction of sp³-hybridized carbons (Fsp3) is 0.231. The summed E-state index contributed by atoms with van der Waals surface area (Å²) < 4.78 is 1.61. The predicted molar refractivity (Wildman–Crippen MR) is 69.3 cm³/mol. The molecule has 6 heteroatoms. The van der Waals surface area contributed by atoms with Crippen molar-refractivity contribution in [2.45, 2.75) is 19.8 Å².